The average Bonchev–Trinajstić information content (AvgIpc) is 3.10. The van der Waals surface area contributed by atoms with Gasteiger partial charge in [0.1, 0.15) is 19.8 Å². The summed E-state index contributed by atoms with van der Waals surface area (Å²) in [6, 6.07) is 0. The number of esters is 2. The summed E-state index contributed by atoms with van der Waals surface area (Å²) in [5.74, 6) is -0.852. The van der Waals surface area contributed by atoms with Gasteiger partial charge in [0.15, 0.2) is 6.10 Å². The monoisotopic (exact) mass is 767 g/mol. The van der Waals surface area contributed by atoms with Gasteiger partial charge < -0.3 is 18.9 Å². The van der Waals surface area contributed by atoms with E-state index >= 15 is 0 Å². The van der Waals surface area contributed by atoms with E-state index in [2.05, 4.69) is 74.6 Å². The van der Waals surface area contributed by atoms with E-state index in [4.69, 9.17) is 18.5 Å². The van der Waals surface area contributed by atoms with Gasteiger partial charge in [0.25, 0.3) is 0 Å². The van der Waals surface area contributed by atoms with Gasteiger partial charge in [0, 0.05) is 12.8 Å². The van der Waals surface area contributed by atoms with Gasteiger partial charge in [-0.25, -0.2) is 4.57 Å². The van der Waals surface area contributed by atoms with Crippen molar-refractivity contribution in [1.29, 1.82) is 0 Å². The Balaban J connectivity index is 4.49. The lowest BCUT2D eigenvalue weighted by Gasteiger charge is -2.24. The molecule has 0 aliphatic carbocycles. The number of phosphoric ester groups is 1. The third-order valence-electron chi connectivity index (χ3n) is 8.25. The number of unbranched alkanes of at least 4 members (excludes halogenated alkanes) is 12. The quantitative estimate of drug-likeness (QED) is 0.0221. The fraction of sp³-hybridized carbons (Fsp3) is 0.721. The van der Waals surface area contributed by atoms with Crippen molar-refractivity contribution >= 4 is 19.8 Å². The molecule has 0 aromatic heterocycles. The van der Waals surface area contributed by atoms with Crippen molar-refractivity contribution in [2.24, 2.45) is 0 Å². The number of allylic oxidation sites excluding steroid dienone is 10. The van der Waals surface area contributed by atoms with Crippen LogP contribution in [0.3, 0.4) is 0 Å². The predicted octanol–water partition coefficient (Wildman–Crippen LogP) is 11.3. The number of ether oxygens (including phenoxy) is 2. The number of quaternary nitrogens is 1. The Hall–Kier alpha value is -2.29. The lowest BCUT2D eigenvalue weighted by atomic mass is 10.1. The number of hydrogen-bond acceptors (Lipinski definition) is 7. The smallest absolute Gasteiger partial charge is 0.462 e. The summed E-state index contributed by atoms with van der Waals surface area (Å²) in [6.07, 6.45) is 41.2. The molecule has 0 radical (unpaired) electrons. The second-order valence-electron chi connectivity index (χ2n) is 14.7. The maximum Gasteiger partial charge on any atom is 0.472 e. The number of rotatable bonds is 36. The van der Waals surface area contributed by atoms with Gasteiger partial charge in [0.2, 0.25) is 0 Å². The van der Waals surface area contributed by atoms with E-state index in [1.54, 1.807) is 0 Å². The average molecular weight is 767 g/mol. The number of nitrogens with zero attached hydrogens (tertiary/aromatic N) is 1. The zero-order valence-electron chi connectivity index (χ0n) is 34.2. The van der Waals surface area contributed by atoms with E-state index < -0.39 is 32.5 Å². The first kappa shape index (κ1) is 50.7. The first-order valence-electron chi connectivity index (χ1n) is 20.5. The Bertz CT molecular complexity index is 1090. The summed E-state index contributed by atoms with van der Waals surface area (Å²) in [5.41, 5.74) is 0. The van der Waals surface area contributed by atoms with Crippen LogP contribution in [0.25, 0.3) is 0 Å². The number of carbonyl (C=O) groups excluding carboxylic acids is 2. The topological polar surface area (TPSA) is 108 Å². The Labute approximate surface area is 324 Å². The summed E-state index contributed by atoms with van der Waals surface area (Å²) < 4.78 is 34.2. The fourth-order valence-electron chi connectivity index (χ4n) is 5.00. The van der Waals surface area contributed by atoms with E-state index in [1.165, 1.54) is 32.1 Å². The highest BCUT2D eigenvalue weighted by Crippen LogP contribution is 2.43. The van der Waals surface area contributed by atoms with Crippen LogP contribution in [0.2, 0.25) is 0 Å². The molecular formula is C43H77NO8P+. The maximum absolute atomic E-state index is 12.6. The number of likely N-dealkylation sites (N-methyl/N-ethyl adjacent to an activating group) is 1. The van der Waals surface area contributed by atoms with Crippen molar-refractivity contribution in [1.82, 2.24) is 0 Å². The molecule has 2 atom stereocenters. The molecule has 306 valence electrons. The van der Waals surface area contributed by atoms with E-state index in [0.717, 1.165) is 83.5 Å². The molecule has 0 saturated carbocycles. The molecule has 9 nitrogen and oxygen atoms in total. The van der Waals surface area contributed by atoms with E-state index in [1.807, 2.05) is 21.1 Å². The maximum atomic E-state index is 12.6. The van der Waals surface area contributed by atoms with Crippen LogP contribution in [-0.2, 0) is 32.7 Å². The van der Waals surface area contributed by atoms with E-state index in [0.29, 0.717) is 17.4 Å². The van der Waals surface area contributed by atoms with Crippen molar-refractivity contribution in [2.75, 3.05) is 47.5 Å². The number of carbonyl (C=O) groups is 2. The highest BCUT2D eigenvalue weighted by atomic mass is 31.2. The van der Waals surface area contributed by atoms with Crippen molar-refractivity contribution in [2.45, 2.75) is 155 Å². The van der Waals surface area contributed by atoms with Crippen LogP contribution in [0.4, 0.5) is 0 Å². The molecule has 0 amide bonds. The Morgan fingerprint density at radius 1 is 0.585 bits per heavy atom. The van der Waals surface area contributed by atoms with Crippen molar-refractivity contribution in [3.8, 4) is 0 Å². The zero-order valence-corrected chi connectivity index (χ0v) is 35.1. The summed E-state index contributed by atoms with van der Waals surface area (Å²) in [6.45, 7) is 4.25. The third kappa shape index (κ3) is 39.2. The minimum absolute atomic E-state index is 0.0213. The van der Waals surface area contributed by atoms with E-state index in [9.17, 15) is 19.0 Å². The molecule has 0 saturated heterocycles. The lowest BCUT2D eigenvalue weighted by molar-refractivity contribution is -0.870. The van der Waals surface area contributed by atoms with Gasteiger partial charge >= 0.3 is 19.8 Å². The number of phosphoric acid groups is 1. The van der Waals surface area contributed by atoms with Gasteiger partial charge in [-0.1, -0.05) is 120 Å². The first-order chi connectivity index (χ1) is 25.5. The predicted molar refractivity (Wildman–Crippen MR) is 219 cm³/mol. The van der Waals surface area contributed by atoms with Crippen LogP contribution in [0, 0.1) is 0 Å². The molecular weight excluding hydrogens is 689 g/mol. The highest BCUT2D eigenvalue weighted by Gasteiger charge is 2.27. The second-order valence-corrected chi connectivity index (χ2v) is 16.1. The number of hydrogen-bond donors (Lipinski definition) is 1. The summed E-state index contributed by atoms with van der Waals surface area (Å²) in [4.78, 5) is 35.2. The molecule has 0 aliphatic heterocycles. The standard InChI is InChI=1S/C43H76NO8P/c1-6-8-10-12-14-16-18-20-21-22-23-24-26-28-30-32-34-36-43(46)52-41(40-51-53(47,48)50-38-37-44(3,4)5)39-49-42(45)35-33-31-29-27-25-19-17-15-13-11-9-7-2/h10,12,15-18,21-22,24,26,41H,6-9,11,13-14,19-20,23,25,27-40H2,1-5H3/p+1/b12-10+,17-15+,18-16+,22-21+,26-24+/t41-/m1/s1. The largest absolute Gasteiger partial charge is 0.472 e. The molecule has 0 fully saturated rings. The molecule has 0 aromatic rings. The van der Waals surface area contributed by atoms with Crippen molar-refractivity contribution in [3.05, 3.63) is 60.8 Å². The van der Waals surface area contributed by atoms with Crippen LogP contribution in [-0.4, -0.2) is 74.9 Å². The molecule has 0 bridgehead atoms. The third-order valence-corrected chi connectivity index (χ3v) is 9.24. The summed E-state index contributed by atoms with van der Waals surface area (Å²) >= 11 is 0. The molecule has 0 aliphatic rings. The van der Waals surface area contributed by atoms with Crippen LogP contribution in [0.15, 0.2) is 60.8 Å². The highest BCUT2D eigenvalue weighted by molar-refractivity contribution is 7.47. The lowest BCUT2D eigenvalue weighted by Crippen LogP contribution is -2.37. The van der Waals surface area contributed by atoms with Crippen LogP contribution >= 0.6 is 7.82 Å². The molecule has 0 aromatic carbocycles. The molecule has 0 heterocycles. The molecule has 10 heteroatoms. The Kier molecular flexibility index (Phi) is 33.9. The van der Waals surface area contributed by atoms with Crippen molar-refractivity contribution in [3.63, 3.8) is 0 Å². The van der Waals surface area contributed by atoms with Crippen LogP contribution < -0.4 is 0 Å². The SMILES string of the molecule is CCC/C=C/C/C=C/C/C=C/C/C=C/CCCCCC(=O)O[C@H](COC(=O)CCCCCCC/C=C/CCCCC)COP(=O)(O)OCC[N+](C)(C)C. The minimum atomic E-state index is -4.38. The van der Waals surface area contributed by atoms with Crippen LogP contribution in [0.1, 0.15) is 149 Å². The molecule has 1 unspecified atom stereocenters. The van der Waals surface area contributed by atoms with Crippen LogP contribution in [0.5, 0.6) is 0 Å². The van der Waals surface area contributed by atoms with E-state index in [-0.39, 0.29) is 26.1 Å². The fourth-order valence-corrected chi connectivity index (χ4v) is 5.74. The molecule has 1 N–H and O–H groups in total. The summed E-state index contributed by atoms with van der Waals surface area (Å²) in [5, 5.41) is 0. The second kappa shape index (κ2) is 35.4. The van der Waals surface area contributed by atoms with Gasteiger partial charge in [0.05, 0.1) is 27.7 Å². The Morgan fingerprint density at radius 2 is 1.06 bits per heavy atom. The molecule has 53 heavy (non-hydrogen) atoms. The zero-order chi connectivity index (χ0) is 39.3. The first-order valence-corrected chi connectivity index (χ1v) is 22.0. The Morgan fingerprint density at radius 3 is 1.62 bits per heavy atom. The van der Waals surface area contributed by atoms with Gasteiger partial charge in [-0.05, 0) is 77.0 Å². The normalized spacial score (nSPS) is 14.3. The molecule has 0 spiro atoms. The molecule has 0 rings (SSSR count). The van der Waals surface area contributed by atoms with Gasteiger partial charge in [-0.2, -0.15) is 0 Å². The summed E-state index contributed by atoms with van der Waals surface area (Å²) in [7, 11) is 1.44. The van der Waals surface area contributed by atoms with Crippen molar-refractivity contribution < 1.29 is 42.1 Å². The minimum Gasteiger partial charge on any atom is -0.462 e. The van der Waals surface area contributed by atoms with Gasteiger partial charge in [-0.3, -0.25) is 18.6 Å². The van der Waals surface area contributed by atoms with Gasteiger partial charge in [-0.15, -0.1) is 0 Å².